The molecule has 0 aliphatic carbocycles. The number of nitrogens with one attached hydrogen (secondary N) is 1. The highest BCUT2D eigenvalue weighted by Crippen LogP contribution is 2.19. The maximum Gasteiger partial charge on any atom is 0.327 e. The van der Waals surface area contributed by atoms with Gasteiger partial charge in [-0.3, -0.25) is 25.1 Å². The van der Waals surface area contributed by atoms with Crippen LogP contribution in [0.4, 0.5) is 10.5 Å². The molecule has 0 radical (unpaired) electrons. The number of nitrogens with two attached hydrogens (primary N) is 3. The van der Waals surface area contributed by atoms with Crippen molar-refractivity contribution in [3.05, 3.63) is 64.7 Å². The molecule has 1 aliphatic heterocycles. The molecule has 8 N–H and O–H groups in total. The number of aliphatic hydroxyl groups is 1. The maximum atomic E-state index is 12.7. The summed E-state index contributed by atoms with van der Waals surface area (Å²) in [6.07, 6.45) is -1.25. The van der Waals surface area contributed by atoms with Crippen molar-refractivity contribution in [2.24, 2.45) is 21.5 Å². The molecule has 1 saturated heterocycles. The van der Waals surface area contributed by atoms with Gasteiger partial charge >= 0.3 is 6.03 Å². The van der Waals surface area contributed by atoms with E-state index in [4.69, 9.17) is 28.8 Å². The molecule has 164 valence electrons. The smallest absolute Gasteiger partial charge is 0.327 e. The fourth-order valence-electron chi connectivity index (χ4n) is 3.00. The highest BCUT2D eigenvalue weighted by molar-refractivity contribution is 6.30. The predicted octanol–water partition coefficient (Wildman–Crippen LogP) is 0.855. The highest BCUT2D eigenvalue weighted by Gasteiger charge is 2.36. The van der Waals surface area contributed by atoms with E-state index in [0.29, 0.717) is 17.3 Å². The summed E-state index contributed by atoms with van der Waals surface area (Å²) in [7, 11) is 0. The van der Waals surface area contributed by atoms with Crippen LogP contribution in [0.15, 0.2) is 58.5 Å². The van der Waals surface area contributed by atoms with Crippen LogP contribution in [0.3, 0.4) is 0 Å². The zero-order valence-corrected chi connectivity index (χ0v) is 17.5. The second-order valence-corrected chi connectivity index (χ2v) is 7.35. The topological polar surface area (TPSA) is 159 Å². The van der Waals surface area contributed by atoms with Crippen molar-refractivity contribution in [1.82, 2.24) is 15.1 Å². The van der Waals surface area contributed by atoms with Crippen molar-refractivity contribution >= 4 is 35.2 Å². The molecule has 1 fully saturated rings. The van der Waals surface area contributed by atoms with E-state index in [-0.39, 0.29) is 31.6 Å². The number of nitrogen functional groups attached to an aromatic ring is 1. The molecular formula is C20H25ClN8O2. The fourth-order valence-corrected chi connectivity index (χ4v) is 3.13. The molecule has 3 rings (SSSR count). The Bertz CT molecular complexity index is 958. The average molecular weight is 445 g/mol. The molecule has 0 spiro atoms. The summed E-state index contributed by atoms with van der Waals surface area (Å²) >= 11 is 5.94. The van der Waals surface area contributed by atoms with Crippen LogP contribution in [0, 0.1) is 0 Å². The van der Waals surface area contributed by atoms with Crippen molar-refractivity contribution < 1.29 is 9.90 Å². The molecule has 2 aromatic rings. The summed E-state index contributed by atoms with van der Waals surface area (Å²) in [5, 5.41) is 14.4. The number of hydrogen-bond acceptors (Lipinski definition) is 5. The van der Waals surface area contributed by atoms with Crippen LogP contribution in [0.25, 0.3) is 0 Å². The molecule has 11 heteroatoms. The van der Waals surface area contributed by atoms with Crippen LogP contribution >= 0.6 is 11.6 Å². The van der Waals surface area contributed by atoms with Crippen molar-refractivity contribution in [1.29, 1.82) is 0 Å². The number of anilines is 1. The van der Waals surface area contributed by atoms with Crippen LogP contribution in [0.2, 0.25) is 5.02 Å². The number of rotatable bonds is 7. The predicted molar refractivity (Wildman–Crippen MR) is 121 cm³/mol. The van der Waals surface area contributed by atoms with Crippen molar-refractivity contribution in [2.45, 2.75) is 19.4 Å². The molecule has 31 heavy (non-hydrogen) atoms. The van der Waals surface area contributed by atoms with Crippen LogP contribution in [0.5, 0.6) is 0 Å². The van der Waals surface area contributed by atoms with E-state index in [1.807, 2.05) is 12.1 Å². The largest absolute Gasteiger partial charge is 0.399 e. The Balaban J connectivity index is 1.83. The number of aliphatic hydroxyl groups excluding tert-OH is 1. The van der Waals surface area contributed by atoms with Crippen molar-refractivity contribution in [3.63, 3.8) is 0 Å². The van der Waals surface area contributed by atoms with Gasteiger partial charge in [0.25, 0.3) is 0 Å². The summed E-state index contributed by atoms with van der Waals surface area (Å²) in [5.74, 6) is 0.188. The minimum atomic E-state index is -1.25. The monoisotopic (exact) mass is 444 g/mol. The van der Waals surface area contributed by atoms with Gasteiger partial charge in [0.1, 0.15) is 0 Å². The minimum absolute atomic E-state index is 0.0409. The lowest BCUT2D eigenvalue weighted by Gasteiger charge is -2.42. The van der Waals surface area contributed by atoms with Gasteiger partial charge in [0.05, 0.1) is 26.2 Å². The molecule has 0 saturated carbocycles. The van der Waals surface area contributed by atoms with E-state index in [2.05, 4.69) is 15.3 Å². The first-order chi connectivity index (χ1) is 14.8. The number of amides is 2. The number of halogens is 1. The van der Waals surface area contributed by atoms with Gasteiger partial charge in [-0.05, 0) is 35.4 Å². The van der Waals surface area contributed by atoms with Gasteiger partial charge in [0.15, 0.2) is 5.96 Å². The third-order valence-corrected chi connectivity index (χ3v) is 4.82. The van der Waals surface area contributed by atoms with Gasteiger partial charge in [0.2, 0.25) is 12.3 Å². The van der Waals surface area contributed by atoms with E-state index in [1.165, 1.54) is 4.90 Å². The first-order valence-electron chi connectivity index (χ1n) is 9.54. The van der Waals surface area contributed by atoms with Gasteiger partial charge in [-0.1, -0.05) is 35.9 Å². The standard InChI is InChI=1S/C20H25ClN8O2/c21-15-5-1-13(2-6-15)12-29-19(30)27-18(26-10-9-25-17(23)24)28(20(29)31)11-14-3-7-16(22)8-4-14/h1-8,20,31H,9-12,22H2,(H4,23,24,25)(H,26,27,30). The van der Waals surface area contributed by atoms with Crippen LogP contribution in [-0.4, -0.2) is 52.3 Å². The van der Waals surface area contributed by atoms with E-state index < -0.39 is 12.4 Å². The molecule has 1 heterocycles. The van der Waals surface area contributed by atoms with Crippen LogP contribution in [-0.2, 0) is 13.1 Å². The lowest BCUT2D eigenvalue weighted by atomic mass is 10.2. The number of urea groups is 1. The van der Waals surface area contributed by atoms with Crippen molar-refractivity contribution in [3.8, 4) is 0 Å². The van der Waals surface area contributed by atoms with Gasteiger partial charge in [-0.15, -0.1) is 0 Å². The number of guanidine groups is 2. The number of nitrogens with zero attached hydrogens (tertiary/aromatic N) is 4. The quantitative estimate of drug-likeness (QED) is 0.184. The zero-order chi connectivity index (χ0) is 22.4. The Morgan fingerprint density at radius 2 is 1.58 bits per heavy atom. The van der Waals surface area contributed by atoms with E-state index >= 15 is 0 Å². The van der Waals surface area contributed by atoms with Crippen LogP contribution < -0.4 is 22.5 Å². The maximum absolute atomic E-state index is 12.7. The number of carbonyl (C=O) groups is 1. The Morgan fingerprint density at radius 1 is 1.00 bits per heavy atom. The summed E-state index contributed by atoms with van der Waals surface area (Å²) < 4.78 is 0. The molecule has 1 unspecified atom stereocenters. The van der Waals surface area contributed by atoms with E-state index in [1.54, 1.807) is 41.3 Å². The average Bonchev–Trinajstić information content (AvgIpc) is 2.73. The molecule has 2 aromatic carbocycles. The Kier molecular flexibility index (Phi) is 7.16. The van der Waals surface area contributed by atoms with Crippen molar-refractivity contribution in [2.75, 3.05) is 18.8 Å². The Morgan fingerprint density at radius 3 is 2.19 bits per heavy atom. The van der Waals surface area contributed by atoms with Gasteiger partial charge in [-0.25, -0.2) is 4.79 Å². The lowest BCUT2D eigenvalue weighted by molar-refractivity contribution is -0.0732. The third-order valence-electron chi connectivity index (χ3n) is 4.56. The SMILES string of the molecule is NC(N)=NCCN=C1NC(=O)N(Cc2ccc(Cl)cc2)C(O)N1Cc1ccc(N)cc1. The molecule has 1 aliphatic rings. The molecule has 10 nitrogen and oxygen atoms in total. The Labute approximate surface area is 185 Å². The molecule has 1 atom stereocenters. The summed E-state index contributed by atoms with van der Waals surface area (Å²) in [6.45, 7) is 0.960. The minimum Gasteiger partial charge on any atom is -0.399 e. The zero-order valence-electron chi connectivity index (χ0n) is 16.8. The first kappa shape index (κ1) is 22.2. The molecule has 0 bridgehead atoms. The molecule has 0 aromatic heterocycles. The van der Waals surface area contributed by atoms with E-state index in [9.17, 15) is 9.90 Å². The Hall–Kier alpha value is -3.50. The third kappa shape index (κ3) is 6.00. The first-order valence-corrected chi connectivity index (χ1v) is 9.92. The van der Waals surface area contributed by atoms with E-state index in [0.717, 1.165) is 11.1 Å². The number of hydrogen-bond donors (Lipinski definition) is 5. The summed E-state index contributed by atoms with van der Waals surface area (Å²) in [5.41, 5.74) is 18.8. The normalized spacial score (nSPS) is 17.5. The molecule has 2 amide bonds. The number of benzene rings is 2. The summed E-state index contributed by atoms with van der Waals surface area (Å²) in [4.78, 5) is 23.8. The second kappa shape index (κ2) is 10.0. The lowest BCUT2D eigenvalue weighted by Crippen LogP contribution is -2.65. The summed E-state index contributed by atoms with van der Waals surface area (Å²) in [6, 6.07) is 13.8. The van der Waals surface area contributed by atoms with Gasteiger partial charge in [0, 0.05) is 10.7 Å². The fraction of sp³-hybridized carbons (Fsp3) is 0.250. The number of aliphatic imine (C=N–C) groups is 2. The van der Waals surface area contributed by atoms with Crippen LogP contribution in [0.1, 0.15) is 11.1 Å². The highest BCUT2D eigenvalue weighted by atomic mass is 35.5. The van der Waals surface area contributed by atoms with Gasteiger partial charge < -0.3 is 22.3 Å². The number of carbonyl (C=O) groups excluding carboxylic acids is 1. The molecular weight excluding hydrogens is 420 g/mol. The van der Waals surface area contributed by atoms with Gasteiger partial charge in [-0.2, -0.15) is 0 Å². The second-order valence-electron chi connectivity index (χ2n) is 6.91.